The van der Waals surface area contributed by atoms with Gasteiger partial charge in [-0.3, -0.25) is 9.59 Å². The summed E-state index contributed by atoms with van der Waals surface area (Å²) in [4.78, 5) is 35.7. The van der Waals surface area contributed by atoms with Gasteiger partial charge in [0.1, 0.15) is 11.8 Å². The van der Waals surface area contributed by atoms with E-state index >= 15 is 0 Å². The van der Waals surface area contributed by atoms with E-state index in [4.69, 9.17) is 0 Å². The first-order valence-electron chi connectivity index (χ1n) is 8.08. The van der Waals surface area contributed by atoms with Gasteiger partial charge in [0.2, 0.25) is 5.91 Å². The average Bonchev–Trinajstić information content (AvgIpc) is 2.62. The lowest BCUT2D eigenvalue weighted by atomic mass is 10.1. The summed E-state index contributed by atoms with van der Waals surface area (Å²) in [6, 6.07) is 15.1. The van der Waals surface area contributed by atoms with Gasteiger partial charge >= 0.3 is 6.03 Å². The minimum atomic E-state index is -0.799. The van der Waals surface area contributed by atoms with Crippen LogP contribution in [0.3, 0.4) is 0 Å². The minimum Gasteiger partial charge on any atom is -0.347 e. The van der Waals surface area contributed by atoms with Crippen molar-refractivity contribution in [3.05, 3.63) is 64.6 Å². The van der Waals surface area contributed by atoms with E-state index < -0.39 is 18.0 Å². The zero-order valence-corrected chi connectivity index (χ0v) is 15.9. The van der Waals surface area contributed by atoms with Crippen LogP contribution in [-0.4, -0.2) is 30.3 Å². The zero-order valence-electron chi connectivity index (χ0n) is 14.3. The molecule has 2 aromatic carbocycles. The number of carbonyl (C=O) groups is 3. The van der Waals surface area contributed by atoms with Crippen LogP contribution in [0.2, 0.25) is 0 Å². The number of nitrogens with one attached hydrogen (secondary N) is 3. The average molecular weight is 418 g/mol. The Morgan fingerprint density at radius 2 is 1.65 bits per heavy atom. The second kappa shape index (κ2) is 9.72. The van der Waals surface area contributed by atoms with Crippen molar-refractivity contribution in [2.75, 3.05) is 11.9 Å². The molecule has 7 heteroatoms. The molecule has 0 radical (unpaired) electrons. The molecule has 2 aromatic rings. The smallest absolute Gasteiger partial charge is 0.319 e. The minimum absolute atomic E-state index is 0.0693. The van der Waals surface area contributed by atoms with Gasteiger partial charge in [-0.1, -0.05) is 46.3 Å². The first-order valence-corrected chi connectivity index (χ1v) is 8.87. The summed E-state index contributed by atoms with van der Waals surface area (Å²) in [5.41, 5.74) is 1.51. The Hall–Kier alpha value is -2.67. The molecule has 6 nitrogen and oxygen atoms in total. The van der Waals surface area contributed by atoms with Gasteiger partial charge in [-0.15, -0.1) is 0 Å². The van der Waals surface area contributed by atoms with E-state index in [0.29, 0.717) is 12.1 Å². The molecule has 2 rings (SSSR count). The Bertz CT molecular complexity index is 763. The highest BCUT2D eigenvalue weighted by molar-refractivity contribution is 9.10. The molecular weight excluding hydrogens is 398 g/mol. The Kier molecular flexibility index (Phi) is 7.35. The molecule has 0 spiro atoms. The highest BCUT2D eigenvalue weighted by atomic mass is 79.9. The third kappa shape index (κ3) is 6.68. The van der Waals surface area contributed by atoms with Crippen molar-refractivity contribution in [1.29, 1.82) is 0 Å². The van der Waals surface area contributed by atoms with Crippen LogP contribution >= 0.6 is 15.9 Å². The van der Waals surface area contributed by atoms with Gasteiger partial charge in [0.25, 0.3) is 0 Å². The molecule has 1 atom stereocenters. The number of carbonyl (C=O) groups excluding carboxylic acids is 3. The lowest BCUT2D eigenvalue weighted by molar-refractivity contribution is -0.125. The monoisotopic (exact) mass is 417 g/mol. The van der Waals surface area contributed by atoms with E-state index in [1.165, 1.54) is 6.92 Å². The first kappa shape index (κ1) is 19.7. The van der Waals surface area contributed by atoms with Crippen LogP contribution in [0.15, 0.2) is 59.1 Å². The highest BCUT2D eigenvalue weighted by Crippen LogP contribution is 2.14. The number of benzene rings is 2. The quantitative estimate of drug-likeness (QED) is 0.646. The summed E-state index contributed by atoms with van der Waals surface area (Å²) in [6.07, 6.45) is 0.318. The summed E-state index contributed by atoms with van der Waals surface area (Å²) >= 11 is 3.33. The van der Waals surface area contributed by atoms with E-state index in [-0.39, 0.29) is 12.3 Å². The normalized spacial score (nSPS) is 11.3. The third-order valence-electron chi connectivity index (χ3n) is 3.52. The Morgan fingerprint density at radius 1 is 1.00 bits per heavy atom. The van der Waals surface area contributed by atoms with Crippen LogP contribution in [-0.2, 0) is 16.0 Å². The van der Waals surface area contributed by atoms with Crippen molar-refractivity contribution in [2.24, 2.45) is 0 Å². The molecule has 26 heavy (non-hydrogen) atoms. The molecule has 3 N–H and O–H groups in total. The van der Waals surface area contributed by atoms with Crippen molar-refractivity contribution in [2.45, 2.75) is 19.4 Å². The van der Waals surface area contributed by atoms with Crippen LogP contribution in [0.5, 0.6) is 0 Å². The predicted molar refractivity (Wildman–Crippen MR) is 104 cm³/mol. The van der Waals surface area contributed by atoms with Crippen LogP contribution in [0.1, 0.15) is 12.5 Å². The van der Waals surface area contributed by atoms with Gasteiger partial charge in [-0.05, 0) is 36.8 Å². The number of hydrogen-bond acceptors (Lipinski definition) is 3. The van der Waals surface area contributed by atoms with E-state index in [1.807, 2.05) is 30.3 Å². The fraction of sp³-hybridized carbons (Fsp3) is 0.211. The van der Waals surface area contributed by atoms with Gasteiger partial charge in [0, 0.05) is 16.6 Å². The number of Topliss-reactive ketones (excluding diaryl/α,β-unsaturated/α-hetero) is 1. The molecular formula is C19H20BrN3O3. The summed E-state index contributed by atoms with van der Waals surface area (Å²) in [5.74, 6) is -0.564. The molecule has 0 fully saturated rings. The maximum atomic E-state index is 12.4. The van der Waals surface area contributed by atoms with Crippen molar-refractivity contribution < 1.29 is 14.4 Å². The van der Waals surface area contributed by atoms with Gasteiger partial charge in [0.15, 0.2) is 0 Å². The molecule has 0 aliphatic heterocycles. The first-order chi connectivity index (χ1) is 12.4. The zero-order chi connectivity index (χ0) is 18.9. The Labute approximate surface area is 160 Å². The van der Waals surface area contributed by atoms with E-state index in [9.17, 15) is 14.4 Å². The molecule has 0 saturated heterocycles. The largest absolute Gasteiger partial charge is 0.347 e. The second-order valence-corrected chi connectivity index (χ2v) is 6.68. The van der Waals surface area contributed by atoms with Crippen LogP contribution in [0.4, 0.5) is 10.5 Å². The van der Waals surface area contributed by atoms with Gasteiger partial charge in [-0.2, -0.15) is 0 Å². The standard InChI is InChI=1S/C19H20BrN3O3/c1-13(24)12-21-18(25)17(11-14-5-3-2-4-6-14)23-19(26)22-16-9-7-15(20)8-10-16/h2-10,17H,11-12H2,1H3,(H,21,25)(H2,22,23,26). The summed E-state index contributed by atoms with van der Waals surface area (Å²) in [6.45, 7) is 1.32. The topological polar surface area (TPSA) is 87.3 Å². The van der Waals surface area contributed by atoms with Crippen molar-refractivity contribution in [3.8, 4) is 0 Å². The molecule has 0 saturated carbocycles. The van der Waals surface area contributed by atoms with E-state index in [0.717, 1.165) is 10.0 Å². The molecule has 136 valence electrons. The molecule has 1 unspecified atom stereocenters. The van der Waals surface area contributed by atoms with Gasteiger partial charge in [0.05, 0.1) is 6.54 Å². The number of ketones is 1. The summed E-state index contributed by atoms with van der Waals surface area (Å²) in [7, 11) is 0. The van der Waals surface area contributed by atoms with Crippen molar-refractivity contribution >= 4 is 39.3 Å². The Balaban J connectivity index is 2.04. The van der Waals surface area contributed by atoms with Gasteiger partial charge < -0.3 is 16.0 Å². The number of anilines is 1. The van der Waals surface area contributed by atoms with Crippen LogP contribution < -0.4 is 16.0 Å². The van der Waals surface area contributed by atoms with E-state index in [2.05, 4.69) is 31.9 Å². The van der Waals surface area contributed by atoms with Crippen LogP contribution in [0, 0.1) is 0 Å². The summed E-state index contributed by atoms with van der Waals surface area (Å²) < 4.78 is 0.897. The number of rotatable bonds is 7. The lowest BCUT2D eigenvalue weighted by Crippen LogP contribution is -2.50. The number of hydrogen-bond donors (Lipinski definition) is 3. The molecule has 0 aliphatic rings. The van der Waals surface area contributed by atoms with Crippen LogP contribution in [0.25, 0.3) is 0 Å². The summed E-state index contributed by atoms with van der Waals surface area (Å²) in [5, 5.41) is 7.90. The fourth-order valence-corrected chi connectivity index (χ4v) is 2.52. The number of urea groups is 1. The lowest BCUT2D eigenvalue weighted by Gasteiger charge is -2.19. The predicted octanol–water partition coefficient (Wildman–Crippen LogP) is 2.89. The SMILES string of the molecule is CC(=O)CNC(=O)C(Cc1ccccc1)NC(=O)Nc1ccc(Br)cc1. The molecule has 0 aliphatic carbocycles. The van der Waals surface area contributed by atoms with Crippen molar-refractivity contribution in [3.63, 3.8) is 0 Å². The third-order valence-corrected chi connectivity index (χ3v) is 4.05. The van der Waals surface area contributed by atoms with E-state index in [1.54, 1.807) is 24.3 Å². The molecule has 3 amide bonds. The van der Waals surface area contributed by atoms with Gasteiger partial charge in [-0.25, -0.2) is 4.79 Å². The molecule has 0 bridgehead atoms. The number of amides is 3. The number of halogens is 1. The second-order valence-electron chi connectivity index (χ2n) is 5.77. The molecule has 0 heterocycles. The maximum absolute atomic E-state index is 12.4. The maximum Gasteiger partial charge on any atom is 0.319 e. The molecule has 0 aromatic heterocycles. The highest BCUT2D eigenvalue weighted by Gasteiger charge is 2.21. The Morgan fingerprint density at radius 3 is 2.27 bits per heavy atom. The fourth-order valence-electron chi connectivity index (χ4n) is 2.25. The van der Waals surface area contributed by atoms with Crippen molar-refractivity contribution in [1.82, 2.24) is 10.6 Å².